The lowest BCUT2D eigenvalue weighted by Crippen LogP contribution is -2.47. The normalized spacial score (nSPS) is 22.4. The highest BCUT2D eigenvalue weighted by Gasteiger charge is 2.37. The summed E-state index contributed by atoms with van der Waals surface area (Å²) in [5, 5.41) is 3.44. The summed E-state index contributed by atoms with van der Waals surface area (Å²) in [6, 6.07) is 15.7. The van der Waals surface area contributed by atoms with Crippen LogP contribution in [0.25, 0.3) is 10.9 Å². The number of aryl methyl sites for hydroxylation is 1. The van der Waals surface area contributed by atoms with E-state index in [1.165, 1.54) is 22.4 Å². The quantitative estimate of drug-likeness (QED) is 0.679. The van der Waals surface area contributed by atoms with Gasteiger partial charge in [0.05, 0.1) is 10.4 Å². The van der Waals surface area contributed by atoms with Gasteiger partial charge in [-0.2, -0.15) is 0 Å². The predicted octanol–water partition coefficient (Wildman–Crippen LogP) is 4.06. The van der Waals surface area contributed by atoms with E-state index in [9.17, 15) is 8.42 Å². The van der Waals surface area contributed by atoms with Crippen molar-refractivity contribution in [1.29, 1.82) is 0 Å². The fraction of sp³-hybridized carbons (Fsp3) is 0.364. The standard InChI is InChI=1S/C22H25N3O2S.ClH/c1-16-6-2-3-10-22(16)28(26,27)25-15-12-19-17(7-4-8-21(19)25)18-11-14-24-20(18)9-5-13-23-24;/h2-4,6-8,10,12,15,18,20,23H,5,9,11,13-14H2,1H3;1H. The van der Waals surface area contributed by atoms with E-state index < -0.39 is 10.0 Å². The van der Waals surface area contributed by atoms with Gasteiger partial charge in [-0.15, -0.1) is 12.4 Å². The Kier molecular flexibility index (Phi) is 5.46. The van der Waals surface area contributed by atoms with E-state index in [0.29, 0.717) is 16.9 Å². The summed E-state index contributed by atoms with van der Waals surface area (Å²) in [4.78, 5) is 0.362. The Bertz CT molecular complexity index is 1140. The summed E-state index contributed by atoms with van der Waals surface area (Å²) >= 11 is 0. The third-order valence-electron chi connectivity index (χ3n) is 6.30. The van der Waals surface area contributed by atoms with Gasteiger partial charge in [0.15, 0.2) is 0 Å². The van der Waals surface area contributed by atoms with Gasteiger partial charge in [-0.1, -0.05) is 30.3 Å². The van der Waals surface area contributed by atoms with Gasteiger partial charge in [0, 0.05) is 36.6 Å². The van der Waals surface area contributed by atoms with Crippen LogP contribution in [0.1, 0.15) is 36.3 Å². The molecule has 2 aliphatic rings. The van der Waals surface area contributed by atoms with Crippen LogP contribution in [0.4, 0.5) is 0 Å². The first kappa shape index (κ1) is 20.4. The lowest BCUT2D eigenvalue weighted by atomic mass is 9.87. The van der Waals surface area contributed by atoms with Crippen molar-refractivity contribution in [2.75, 3.05) is 13.1 Å². The highest BCUT2D eigenvalue weighted by Crippen LogP contribution is 2.40. The Morgan fingerprint density at radius 2 is 1.86 bits per heavy atom. The van der Waals surface area contributed by atoms with Crippen LogP contribution in [-0.4, -0.2) is 36.5 Å². The average molecular weight is 432 g/mol. The lowest BCUT2D eigenvalue weighted by Gasteiger charge is -2.33. The van der Waals surface area contributed by atoms with E-state index in [2.05, 4.69) is 16.5 Å². The van der Waals surface area contributed by atoms with Crippen molar-refractivity contribution >= 4 is 33.3 Å². The van der Waals surface area contributed by atoms with Crippen LogP contribution in [0.3, 0.4) is 0 Å². The number of benzene rings is 2. The molecule has 3 heterocycles. The molecule has 1 aromatic heterocycles. The van der Waals surface area contributed by atoms with Gasteiger partial charge >= 0.3 is 0 Å². The van der Waals surface area contributed by atoms with Crippen molar-refractivity contribution in [3.05, 3.63) is 65.9 Å². The second-order valence-corrected chi connectivity index (χ2v) is 9.65. The first-order valence-corrected chi connectivity index (χ1v) is 11.4. The summed E-state index contributed by atoms with van der Waals surface area (Å²) in [6.45, 7) is 3.94. The summed E-state index contributed by atoms with van der Waals surface area (Å²) in [5.74, 6) is 0.438. The van der Waals surface area contributed by atoms with Crippen LogP contribution in [0.2, 0.25) is 0 Å². The number of halogens is 1. The molecule has 1 N–H and O–H groups in total. The van der Waals surface area contributed by atoms with Crippen LogP contribution in [0, 0.1) is 6.92 Å². The Balaban J connectivity index is 0.00000205. The van der Waals surface area contributed by atoms with Gasteiger partial charge in [-0.25, -0.2) is 17.4 Å². The molecule has 3 aromatic rings. The predicted molar refractivity (Wildman–Crippen MR) is 118 cm³/mol. The minimum Gasteiger partial charge on any atom is -0.255 e. The maximum atomic E-state index is 13.3. The molecule has 7 heteroatoms. The molecule has 2 atom stereocenters. The number of hydrogen-bond donors (Lipinski definition) is 1. The molecule has 2 fully saturated rings. The molecule has 0 radical (unpaired) electrons. The summed E-state index contributed by atoms with van der Waals surface area (Å²) in [6.07, 6.45) is 5.20. The highest BCUT2D eigenvalue weighted by molar-refractivity contribution is 7.90. The molecule has 0 amide bonds. The zero-order valence-electron chi connectivity index (χ0n) is 16.4. The minimum atomic E-state index is -3.62. The van der Waals surface area contributed by atoms with Crippen molar-refractivity contribution in [2.24, 2.45) is 0 Å². The van der Waals surface area contributed by atoms with Crippen molar-refractivity contribution in [1.82, 2.24) is 14.4 Å². The molecule has 29 heavy (non-hydrogen) atoms. The van der Waals surface area contributed by atoms with Crippen LogP contribution in [-0.2, 0) is 10.0 Å². The van der Waals surface area contributed by atoms with Crippen molar-refractivity contribution in [3.63, 3.8) is 0 Å². The molecule has 2 aromatic carbocycles. The van der Waals surface area contributed by atoms with E-state index in [4.69, 9.17) is 0 Å². The third-order valence-corrected chi connectivity index (χ3v) is 8.15. The monoisotopic (exact) mass is 431 g/mol. The number of nitrogens with zero attached hydrogens (tertiary/aromatic N) is 2. The van der Waals surface area contributed by atoms with Gasteiger partial charge < -0.3 is 0 Å². The molecule has 0 saturated carbocycles. The molecule has 0 aliphatic carbocycles. The average Bonchev–Trinajstić information content (AvgIpc) is 3.33. The minimum absolute atomic E-state index is 0. The molecule has 2 unspecified atom stereocenters. The van der Waals surface area contributed by atoms with Crippen molar-refractivity contribution in [3.8, 4) is 0 Å². The van der Waals surface area contributed by atoms with E-state index >= 15 is 0 Å². The fourth-order valence-electron chi connectivity index (χ4n) is 4.95. The Morgan fingerprint density at radius 3 is 2.69 bits per heavy atom. The van der Waals surface area contributed by atoms with Gasteiger partial charge in [0.25, 0.3) is 10.0 Å². The van der Waals surface area contributed by atoms with Crippen molar-refractivity contribution in [2.45, 2.75) is 43.0 Å². The summed E-state index contributed by atoms with van der Waals surface area (Å²) < 4.78 is 28.1. The molecule has 5 nitrogen and oxygen atoms in total. The number of nitrogens with one attached hydrogen (secondary N) is 1. The van der Waals surface area contributed by atoms with Crippen LogP contribution in [0.5, 0.6) is 0 Å². The summed E-state index contributed by atoms with van der Waals surface area (Å²) in [7, 11) is -3.62. The molecule has 2 saturated heterocycles. The molecule has 154 valence electrons. The fourth-order valence-corrected chi connectivity index (χ4v) is 6.53. The van der Waals surface area contributed by atoms with Gasteiger partial charge in [-0.3, -0.25) is 5.43 Å². The van der Waals surface area contributed by atoms with Gasteiger partial charge in [0.1, 0.15) is 0 Å². The van der Waals surface area contributed by atoms with Gasteiger partial charge in [0.2, 0.25) is 0 Å². The SMILES string of the molecule is Cc1ccccc1S(=O)(=O)n1ccc2c(C3CCN4NCCCC34)cccc21.Cl. The maximum absolute atomic E-state index is 13.3. The zero-order chi connectivity index (χ0) is 19.3. The van der Waals surface area contributed by atoms with E-state index in [0.717, 1.165) is 36.0 Å². The van der Waals surface area contributed by atoms with E-state index in [1.54, 1.807) is 18.3 Å². The number of hydrazine groups is 1. The first-order chi connectivity index (χ1) is 13.6. The van der Waals surface area contributed by atoms with Crippen molar-refractivity contribution < 1.29 is 8.42 Å². The number of fused-ring (bicyclic) bond motifs is 2. The number of hydrogen-bond acceptors (Lipinski definition) is 4. The Morgan fingerprint density at radius 1 is 1.03 bits per heavy atom. The lowest BCUT2D eigenvalue weighted by molar-refractivity contribution is 0.121. The molecule has 5 rings (SSSR count). The summed E-state index contributed by atoms with van der Waals surface area (Å²) in [5.41, 5.74) is 6.32. The topological polar surface area (TPSA) is 54.3 Å². The zero-order valence-corrected chi connectivity index (χ0v) is 18.0. The smallest absolute Gasteiger partial charge is 0.255 e. The first-order valence-electron chi connectivity index (χ1n) is 9.99. The van der Waals surface area contributed by atoms with Crippen LogP contribution < -0.4 is 5.43 Å². The second-order valence-electron chi connectivity index (χ2n) is 7.87. The molecular formula is C22H26ClN3O2S. The Hall–Kier alpha value is -1.86. The van der Waals surface area contributed by atoms with E-state index in [1.807, 2.05) is 37.3 Å². The largest absolute Gasteiger partial charge is 0.268 e. The molecule has 0 bridgehead atoms. The number of rotatable bonds is 3. The van der Waals surface area contributed by atoms with E-state index in [-0.39, 0.29) is 12.4 Å². The van der Waals surface area contributed by atoms with Crippen LogP contribution in [0.15, 0.2) is 59.6 Å². The number of aromatic nitrogens is 1. The highest BCUT2D eigenvalue weighted by atomic mass is 35.5. The Labute approximate surface area is 178 Å². The third kappa shape index (κ3) is 3.28. The molecular weight excluding hydrogens is 406 g/mol. The second kappa shape index (κ2) is 7.76. The maximum Gasteiger partial charge on any atom is 0.268 e. The molecule has 2 aliphatic heterocycles. The molecule has 0 spiro atoms. The van der Waals surface area contributed by atoms with Crippen LogP contribution >= 0.6 is 12.4 Å². The van der Waals surface area contributed by atoms with Gasteiger partial charge in [-0.05, 0) is 55.5 Å².